The summed E-state index contributed by atoms with van der Waals surface area (Å²) in [5.74, 6) is -0.765. The maximum Gasteiger partial charge on any atom is 0.303 e. The number of rotatable bonds is 15. The van der Waals surface area contributed by atoms with E-state index >= 15 is 0 Å². The monoisotopic (exact) mass is 362 g/mol. The second-order valence-corrected chi connectivity index (χ2v) is 6.01. The maximum absolute atomic E-state index is 10.3. The van der Waals surface area contributed by atoms with Crippen molar-refractivity contribution in [1.82, 2.24) is 0 Å². The van der Waals surface area contributed by atoms with Gasteiger partial charge in [0.15, 0.2) is 0 Å². The molecule has 0 saturated heterocycles. The van der Waals surface area contributed by atoms with Crippen LogP contribution in [0.2, 0.25) is 0 Å². The van der Waals surface area contributed by atoms with Crippen molar-refractivity contribution in [2.75, 3.05) is 0 Å². The summed E-state index contributed by atoms with van der Waals surface area (Å²) in [6, 6.07) is 0. The Morgan fingerprint density at radius 3 is 1.62 bits per heavy atom. The molecule has 4 nitrogen and oxygen atoms in total. The molecule has 0 rings (SSSR count). The highest BCUT2D eigenvalue weighted by atomic mass is 16.4. The molecule has 0 bridgehead atoms. The summed E-state index contributed by atoms with van der Waals surface area (Å²) in [6.45, 7) is 2.04. The van der Waals surface area contributed by atoms with Crippen LogP contribution in [0.25, 0.3) is 0 Å². The summed E-state index contributed by atoms with van der Waals surface area (Å²) in [7, 11) is 0. The van der Waals surface area contributed by atoms with E-state index in [4.69, 9.17) is 5.11 Å². The van der Waals surface area contributed by atoms with E-state index in [0.717, 1.165) is 25.7 Å². The first kappa shape index (κ1) is 24.1. The van der Waals surface area contributed by atoms with Gasteiger partial charge in [-0.3, -0.25) is 4.79 Å². The topological polar surface area (TPSA) is 77.8 Å². The van der Waals surface area contributed by atoms with Gasteiger partial charge >= 0.3 is 5.97 Å². The zero-order valence-corrected chi connectivity index (χ0v) is 15.8. The molecule has 0 aromatic carbocycles. The third-order valence-corrected chi connectivity index (χ3v) is 3.61. The van der Waals surface area contributed by atoms with Gasteiger partial charge in [0.2, 0.25) is 0 Å². The van der Waals surface area contributed by atoms with Crippen molar-refractivity contribution in [2.24, 2.45) is 0 Å². The molecule has 4 heteroatoms. The number of allylic oxidation sites excluding steroid dienone is 8. The van der Waals surface area contributed by atoms with Crippen molar-refractivity contribution in [3.63, 3.8) is 0 Å². The molecule has 0 unspecified atom stereocenters. The van der Waals surface area contributed by atoms with Crippen LogP contribution in [-0.2, 0) is 4.79 Å². The number of hydrogen-bond donors (Lipinski definition) is 3. The highest BCUT2D eigenvalue weighted by Gasteiger charge is 2.12. The average molecular weight is 363 g/mol. The van der Waals surface area contributed by atoms with Gasteiger partial charge in [-0.25, -0.2) is 0 Å². The molecule has 146 valence electrons. The molecule has 0 aliphatic carbocycles. The lowest BCUT2D eigenvalue weighted by molar-refractivity contribution is -0.136. The van der Waals surface area contributed by atoms with Crippen LogP contribution in [0.5, 0.6) is 0 Å². The lowest BCUT2D eigenvalue weighted by Gasteiger charge is -2.14. The van der Waals surface area contributed by atoms with Crippen LogP contribution in [-0.4, -0.2) is 33.5 Å². The molecule has 2 atom stereocenters. The minimum Gasteiger partial charge on any atom is -0.481 e. The number of carboxylic acids is 1. The van der Waals surface area contributed by atoms with E-state index < -0.39 is 18.2 Å². The van der Waals surface area contributed by atoms with Crippen molar-refractivity contribution in [2.45, 2.75) is 70.5 Å². The Bertz CT molecular complexity index is 486. The summed E-state index contributed by atoms with van der Waals surface area (Å²) >= 11 is 0. The van der Waals surface area contributed by atoms with Crippen LogP contribution < -0.4 is 0 Å². The normalized spacial score (nSPS) is 15.2. The summed E-state index contributed by atoms with van der Waals surface area (Å²) in [4.78, 5) is 10.3. The molecule has 0 aromatic rings. The maximum atomic E-state index is 10.3. The van der Waals surface area contributed by atoms with E-state index in [0.29, 0.717) is 19.3 Å². The van der Waals surface area contributed by atoms with Crippen LogP contribution in [0.15, 0.2) is 60.8 Å². The third-order valence-electron chi connectivity index (χ3n) is 3.61. The fourth-order valence-electron chi connectivity index (χ4n) is 2.09. The minimum absolute atomic E-state index is 0.183. The van der Waals surface area contributed by atoms with Crippen LogP contribution in [0, 0.1) is 0 Å². The highest BCUT2D eigenvalue weighted by molar-refractivity contribution is 5.66. The number of aliphatic hydroxyl groups is 2. The van der Waals surface area contributed by atoms with Crippen molar-refractivity contribution >= 4 is 5.97 Å². The standard InChI is InChI=1S/C22H34O4/c1-2-3-14-17-20(23)21(24)18-15-12-10-8-6-4-5-7-9-11-13-16-19-22(25)26/h3,5-8,11-15,20-21,23-24H,2,4,9-10,16-19H2,1H3,(H,25,26)/b7-5-,8-6-,13-11-,14-3-,15-12-/t20-,21-/m0/s1. The van der Waals surface area contributed by atoms with Crippen molar-refractivity contribution in [1.29, 1.82) is 0 Å². The van der Waals surface area contributed by atoms with Gasteiger partial charge in [0, 0.05) is 6.42 Å². The molecule has 0 radical (unpaired) electrons. The first-order valence-corrected chi connectivity index (χ1v) is 9.40. The average Bonchev–Trinajstić information content (AvgIpc) is 2.61. The van der Waals surface area contributed by atoms with Crippen molar-refractivity contribution in [3.05, 3.63) is 60.8 Å². The van der Waals surface area contributed by atoms with Gasteiger partial charge in [0.1, 0.15) is 0 Å². The molecule has 3 N–H and O–H groups in total. The molecule has 0 saturated carbocycles. The number of aliphatic carboxylic acids is 1. The van der Waals surface area contributed by atoms with E-state index in [1.165, 1.54) is 0 Å². The van der Waals surface area contributed by atoms with Gasteiger partial charge < -0.3 is 15.3 Å². The zero-order chi connectivity index (χ0) is 19.5. The van der Waals surface area contributed by atoms with Gasteiger partial charge in [0.25, 0.3) is 0 Å². The molecule has 0 aliphatic rings. The first-order chi connectivity index (χ1) is 12.6. The lowest BCUT2D eigenvalue weighted by Crippen LogP contribution is -2.24. The van der Waals surface area contributed by atoms with Crippen LogP contribution in [0.4, 0.5) is 0 Å². The van der Waals surface area contributed by atoms with Crippen LogP contribution in [0.3, 0.4) is 0 Å². The van der Waals surface area contributed by atoms with E-state index in [1.807, 2.05) is 43.4 Å². The van der Waals surface area contributed by atoms with E-state index in [9.17, 15) is 15.0 Å². The molecule has 0 aromatic heterocycles. The Morgan fingerprint density at radius 2 is 1.15 bits per heavy atom. The predicted octanol–water partition coefficient (Wildman–Crippen LogP) is 4.71. The molecule has 0 heterocycles. The number of carbonyl (C=O) groups is 1. The van der Waals surface area contributed by atoms with Gasteiger partial charge in [-0.2, -0.15) is 0 Å². The van der Waals surface area contributed by atoms with E-state index in [-0.39, 0.29) is 6.42 Å². The Morgan fingerprint density at radius 1 is 0.731 bits per heavy atom. The highest BCUT2D eigenvalue weighted by Crippen LogP contribution is 2.06. The smallest absolute Gasteiger partial charge is 0.303 e. The summed E-state index contributed by atoms with van der Waals surface area (Å²) < 4.78 is 0. The van der Waals surface area contributed by atoms with E-state index in [2.05, 4.69) is 24.3 Å². The second kappa shape index (κ2) is 17.9. The van der Waals surface area contributed by atoms with Crippen molar-refractivity contribution < 1.29 is 20.1 Å². The minimum atomic E-state index is -0.765. The molecule has 0 spiro atoms. The largest absolute Gasteiger partial charge is 0.481 e. The third kappa shape index (κ3) is 16.9. The predicted molar refractivity (Wildman–Crippen MR) is 108 cm³/mol. The van der Waals surface area contributed by atoms with Crippen LogP contribution in [0.1, 0.15) is 58.3 Å². The lowest BCUT2D eigenvalue weighted by atomic mass is 10.1. The molecular formula is C22H34O4. The molecule has 26 heavy (non-hydrogen) atoms. The molecule has 0 fully saturated rings. The Balaban J connectivity index is 3.70. The Hall–Kier alpha value is -1.91. The molecule has 0 aliphatic heterocycles. The van der Waals surface area contributed by atoms with Gasteiger partial charge in [0.05, 0.1) is 12.2 Å². The Labute approximate surface area is 157 Å². The summed E-state index contributed by atoms with van der Waals surface area (Å²) in [5.41, 5.74) is 0. The SMILES string of the molecule is CC/C=C\C[C@H](O)[C@@H](O)C/C=C\C/C=C\C/C=C\C/C=C\CCC(=O)O. The Kier molecular flexibility index (Phi) is 16.6. The van der Waals surface area contributed by atoms with Crippen molar-refractivity contribution in [3.8, 4) is 0 Å². The number of carboxylic acid groups (broad SMARTS) is 1. The molecular weight excluding hydrogens is 328 g/mol. The number of aliphatic hydroxyl groups excluding tert-OH is 2. The summed E-state index contributed by atoms with van der Waals surface area (Å²) in [5, 5.41) is 28.1. The zero-order valence-electron chi connectivity index (χ0n) is 15.8. The van der Waals surface area contributed by atoms with Crippen LogP contribution >= 0.6 is 0 Å². The second-order valence-electron chi connectivity index (χ2n) is 6.01. The van der Waals surface area contributed by atoms with Gasteiger partial charge in [-0.05, 0) is 44.9 Å². The van der Waals surface area contributed by atoms with E-state index in [1.54, 1.807) is 0 Å². The number of hydrogen-bond acceptors (Lipinski definition) is 3. The van der Waals surface area contributed by atoms with Gasteiger partial charge in [-0.1, -0.05) is 67.7 Å². The molecule has 0 amide bonds. The van der Waals surface area contributed by atoms with Gasteiger partial charge in [-0.15, -0.1) is 0 Å². The quantitative estimate of drug-likeness (QED) is 0.369. The first-order valence-electron chi connectivity index (χ1n) is 9.40. The fourth-order valence-corrected chi connectivity index (χ4v) is 2.09. The summed E-state index contributed by atoms with van der Waals surface area (Å²) in [6.07, 6.45) is 23.6. The fraction of sp³-hybridized carbons (Fsp3) is 0.500.